The van der Waals surface area contributed by atoms with Crippen LogP contribution in [0.25, 0.3) is 10.9 Å². The molecular weight excluding hydrogens is 462 g/mol. The highest BCUT2D eigenvalue weighted by Crippen LogP contribution is 2.36. The highest BCUT2D eigenvalue weighted by Gasteiger charge is 2.40. The second-order valence-electron chi connectivity index (χ2n) is 10.4. The van der Waals surface area contributed by atoms with E-state index in [1.165, 1.54) is 10.9 Å². The van der Waals surface area contributed by atoms with E-state index in [0.29, 0.717) is 19.6 Å². The first-order valence-electron chi connectivity index (χ1n) is 13.2. The molecule has 1 aromatic carbocycles. The van der Waals surface area contributed by atoms with Crippen molar-refractivity contribution in [1.82, 2.24) is 24.3 Å². The van der Waals surface area contributed by atoms with Gasteiger partial charge in [-0.3, -0.25) is 14.6 Å². The Labute approximate surface area is 216 Å². The fourth-order valence-electron chi connectivity index (χ4n) is 5.73. The molecule has 2 fully saturated rings. The fraction of sp³-hybridized carbons (Fsp3) is 0.367. The maximum absolute atomic E-state index is 14.1. The van der Waals surface area contributed by atoms with Crippen molar-refractivity contribution in [3.8, 4) is 0 Å². The molecular formula is C30H33N5O2. The standard InChI is InChI=1S/C30H33N5O2/c1-33-15-12-21(16-29(33)36)25-11-14-31-17-27(25)30(37)35(24-9-10-24)19-22-18-34(20-23-6-4-5-13-32-23)28-8-3-2-7-26(22)28/h2-8,12-13,15-16,18,24-25,27,31H,9-11,14,17,19-20H2,1H3/t25-,27?/m1/s1. The van der Waals surface area contributed by atoms with E-state index in [4.69, 9.17) is 0 Å². The van der Waals surface area contributed by atoms with Gasteiger partial charge < -0.3 is 19.4 Å². The van der Waals surface area contributed by atoms with Gasteiger partial charge in [-0.2, -0.15) is 0 Å². The molecule has 0 bridgehead atoms. The van der Waals surface area contributed by atoms with Crippen molar-refractivity contribution in [3.05, 3.63) is 100 Å². The minimum atomic E-state index is -0.177. The molecule has 4 aromatic rings. The Morgan fingerprint density at radius 3 is 2.73 bits per heavy atom. The molecule has 0 radical (unpaired) electrons. The Morgan fingerprint density at radius 1 is 1.11 bits per heavy atom. The molecule has 7 heteroatoms. The minimum absolute atomic E-state index is 0.0259. The molecule has 190 valence electrons. The van der Waals surface area contributed by atoms with Crippen LogP contribution >= 0.6 is 0 Å². The highest BCUT2D eigenvalue weighted by atomic mass is 16.2. The number of nitrogens with zero attached hydrogens (tertiary/aromatic N) is 4. The molecule has 3 aromatic heterocycles. The van der Waals surface area contributed by atoms with E-state index in [9.17, 15) is 9.59 Å². The van der Waals surface area contributed by atoms with Gasteiger partial charge in [-0.1, -0.05) is 24.3 Å². The van der Waals surface area contributed by atoms with E-state index in [1.807, 2.05) is 36.7 Å². The smallest absolute Gasteiger partial charge is 0.250 e. The third-order valence-corrected chi connectivity index (χ3v) is 7.90. The summed E-state index contributed by atoms with van der Waals surface area (Å²) >= 11 is 0. The number of pyridine rings is 2. The minimum Gasteiger partial charge on any atom is -0.341 e. The van der Waals surface area contributed by atoms with Crippen LogP contribution in [0.5, 0.6) is 0 Å². The largest absolute Gasteiger partial charge is 0.341 e. The molecule has 4 heterocycles. The van der Waals surface area contributed by atoms with Crippen molar-refractivity contribution < 1.29 is 4.79 Å². The zero-order chi connectivity index (χ0) is 25.4. The summed E-state index contributed by atoms with van der Waals surface area (Å²) in [5.41, 5.74) is 4.28. The van der Waals surface area contributed by atoms with Crippen molar-refractivity contribution in [3.63, 3.8) is 0 Å². The van der Waals surface area contributed by atoms with Crippen LogP contribution in [0.4, 0.5) is 0 Å². The number of carbonyl (C=O) groups is 1. The Balaban J connectivity index is 1.30. The lowest BCUT2D eigenvalue weighted by atomic mass is 9.80. The van der Waals surface area contributed by atoms with Crippen molar-refractivity contribution in [2.45, 2.75) is 44.3 Å². The van der Waals surface area contributed by atoms with Gasteiger partial charge in [-0.25, -0.2) is 0 Å². The number of fused-ring (bicyclic) bond motifs is 1. The lowest BCUT2D eigenvalue weighted by Crippen LogP contribution is -2.47. The number of rotatable bonds is 7. The van der Waals surface area contributed by atoms with Crippen molar-refractivity contribution >= 4 is 16.8 Å². The summed E-state index contributed by atoms with van der Waals surface area (Å²) in [6.07, 6.45) is 8.79. The molecule has 2 atom stereocenters. The van der Waals surface area contributed by atoms with Gasteiger partial charge in [-0.05, 0) is 67.1 Å². The third-order valence-electron chi connectivity index (χ3n) is 7.90. The van der Waals surface area contributed by atoms with Crippen LogP contribution in [-0.2, 0) is 24.9 Å². The number of benzene rings is 1. The van der Waals surface area contributed by atoms with Gasteiger partial charge in [-0.15, -0.1) is 0 Å². The van der Waals surface area contributed by atoms with E-state index >= 15 is 0 Å². The summed E-state index contributed by atoms with van der Waals surface area (Å²) in [4.78, 5) is 33.1. The SMILES string of the molecule is Cn1ccc([C@H]2CCNCC2C(=O)N(Cc2cn(Cc3ccccn3)c3ccccc23)C2CC2)cc1=O. The summed E-state index contributed by atoms with van der Waals surface area (Å²) in [5, 5.41) is 4.62. The van der Waals surface area contributed by atoms with E-state index in [-0.39, 0.29) is 29.3 Å². The zero-order valence-electron chi connectivity index (χ0n) is 21.2. The monoisotopic (exact) mass is 495 g/mol. The highest BCUT2D eigenvalue weighted by molar-refractivity contribution is 5.86. The normalized spacial score (nSPS) is 19.7. The van der Waals surface area contributed by atoms with E-state index < -0.39 is 0 Å². The van der Waals surface area contributed by atoms with Gasteiger partial charge in [0.15, 0.2) is 0 Å². The second kappa shape index (κ2) is 9.98. The summed E-state index contributed by atoms with van der Waals surface area (Å²) in [6, 6.07) is 18.4. The second-order valence-corrected chi connectivity index (χ2v) is 10.4. The Kier molecular flexibility index (Phi) is 6.38. The Hall–Kier alpha value is -3.71. The maximum atomic E-state index is 14.1. The molecule has 1 saturated heterocycles. The molecule has 1 N–H and O–H groups in total. The lowest BCUT2D eigenvalue weighted by Gasteiger charge is -2.35. The van der Waals surface area contributed by atoms with E-state index in [0.717, 1.165) is 42.6 Å². The zero-order valence-corrected chi connectivity index (χ0v) is 21.2. The molecule has 37 heavy (non-hydrogen) atoms. The fourth-order valence-corrected chi connectivity index (χ4v) is 5.73. The van der Waals surface area contributed by atoms with Crippen LogP contribution in [-0.4, -0.2) is 44.1 Å². The van der Waals surface area contributed by atoms with Crippen LogP contribution in [0.1, 0.15) is 42.0 Å². The van der Waals surface area contributed by atoms with Crippen molar-refractivity contribution in [1.29, 1.82) is 0 Å². The topological polar surface area (TPSA) is 72.2 Å². The maximum Gasteiger partial charge on any atom is 0.250 e. The van der Waals surface area contributed by atoms with Crippen LogP contribution in [0, 0.1) is 5.92 Å². The van der Waals surface area contributed by atoms with Crippen LogP contribution < -0.4 is 10.9 Å². The van der Waals surface area contributed by atoms with Gasteiger partial charge in [0.25, 0.3) is 5.56 Å². The Morgan fingerprint density at radius 2 is 1.95 bits per heavy atom. The van der Waals surface area contributed by atoms with Gasteiger partial charge in [0.2, 0.25) is 5.91 Å². The van der Waals surface area contributed by atoms with Gasteiger partial charge in [0.05, 0.1) is 18.2 Å². The first-order valence-corrected chi connectivity index (χ1v) is 13.2. The number of aromatic nitrogens is 3. The number of hydrogen-bond donors (Lipinski definition) is 1. The molecule has 0 spiro atoms. The van der Waals surface area contributed by atoms with Crippen LogP contribution in [0.15, 0.2) is 78.0 Å². The van der Waals surface area contributed by atoms with Gasteiger partial charge >= 0.3 is 0 Å². The van der Waals surface area contributed by atoms with E-state index in [2.05, 4.69) is 50.2 Å². The molecule has 1 unspecified atom stereocenters. The molecule has 2 aliphatic rings. The van der Waals surface area contributed by atoms with Crippen molar-refractivity contribution in [2.75, 3.05) is 13.1 Å². The molecule has 6 rings (SSSR count). The van der Waals surface area contributed by atoms with E-state index in [1.54, 1.807) is 17.7 Å². The lowest BCUT2D eigenvalue weighted by molar-refractivity contribution is -0.138. The predicted octanol–water partition coefficient (Wildman–Crippen LogP) is 3.67. The average Bonchev–Trinajstić information content (AvgIpc) is 3.72. The number of nitrogens with one attached hydrogen (secondary N) is 1. The number of aryl methyl sites for hydroxylation is 1. The van der Waals surface area contributed by atoms with Crippen LogP contribution in [0.2, 0.25) is 0 Å². The molecule has 1 aliphatic heterocycles. The van der Waals surface area contributed by atoms with Crippen LogP contribution in [0.3, 0.4) is 0 Å². The molecule has 1 amide bonds. The molecule has 7 nitrogen and oxygen atoms in total. The average molecular weight is 496 g/mol. The Bertz CT molecular complexity index is 1470. The summed E-state index contributed by atoms with van der Waals surface area (Å²) < 4.78 is 3.83. The van der Waals surface area contributed by atoms with Gasteiger partial charge in [0.1, 0.15) is 0 Å². The van der Waals surface area contributed by atoms with Crippen molar-refractivity contribution in [2.24, 2.45) is 13.0 Å². The van der Waals surface area contributed by atoms with Gasteiger partial charge in [0, 0.05) is 61.7 Å². The number of carbonyl (C=O) groups excluding carboxylic acids is 1. The first-order chi connectivity index (χ1) is 18.1. The summed E-state index contributed by atoms with van der Waals surface area (Å²) in [7, 11) is 1.76. The predicted molar refractivity (Wildman–Crippen MR) is 144 cm³/mol. The molecule has 1 aliphatic carbocycles. The first kappa shape index (κ1) is 23.7. The summed E-state index contributed by atoms with van der Waals surface area (Å²) in [6.45, 7) is 2.78. The number of piperidine rings is 1. The quantitative estimate of drug-likeness (QED) is 0.425. The molecule has 1 saturated carbocycles. The number of amides is 1. The number of hydrogen-bond acceptors (Lipinski definition) is 4. The third kappa shape index (κ3) is 4.83. The number of para-hydroxylation sites is 1. The summed E-state index contributed by atoms with van der Waals surface area (Å²) in [5.74, 6) is 0.0691.